The summed E-state index contributed by atoms with van der Waals surface area (Å²) in [6.45, 7) is 8.75. The van der Waals surface area contributed by atoms with Crippen LogP contribution in [0.5, 0.6) is 5.75 Å². The highest BCUT2D eigenvalue weighted by molar-refractivity contribution is 5.46. The molecule has 0 unspecified atom stereocenters. The van der Waals surface area contributed by atoms with Crippen LogP contribution in [0.3, 0.4) is 0 Å². The predicted molar refractivity (Wildman–Crippen MR) is 67.1 cm³/mol. The first-order valence-electron chi connectivity index (χ1n) is 5.93. The molecule has 16 heavy (non-hydrogen) atoms. The molecule has 0 bridgehead atoms. The van der Waals surface area contributed by atoms with E-state index >= 15 is 0 Å². The van der Waals surface area contributed by atoms with Crippen molar-refractivity contribution < 1.29 is 4.74 Å². The average Bonchev–Trinajstić information content (AvgIpc) is 2.26. The Morgan fingerprint density at radius 1 is 1.19 bits per heavy atom. The number of benzene rings is 1. The van der Waals surface area contributed by atoms with Gasteiger partial charge in [0.05, 0.1) is 7.11 Å². The van der Waals surface area contributed by atoms with Crippen LogP contribution in [0.4, 0.5) is 0 Å². The normalized spacial score (nSPS) is 15.8. The second kappa shape index (κ2) is 4.10. The first-order valence-corrected chi connectivity index (χ1v) is 5.93. The van der Waals surface area contributed by atoms with E-state index in [1.165, 1.54) is 16.7 Å². The molecule has 88 valence electrons. The fraction of sp³-hybridized carbons (Fsp3) is 0.571. The summed E-state index contributed by atoms with van der Waals surface area (Å²) in [6.07, 6.45) is 1.11. The summed E-state index contributed by atoms with van der Waals surface area (Å²) in [7, 11) is 1.76. The molecule has 0 spiro atoms. The lowest BCUT2D eigenvalue weighted by Crippen LogP contribution is -2.25. The molecule has 0 amide bonds. The molecule has 1 heterocycles. The van der Waals surface area contributed by atoms with E-state index < -0.39 is 0 Å². The van der Waals surface area contributed by atoms with Crippen molar-refractivity contribution in [2.45, 2.75) is 39.2 Å². The summed E-state index contributed by atoms with van der Waals surface area (Å²) in [5.41, 5.74) is 4.30. The minimum Gasteiger partial charge on any atom is -0.496 e. The molecule has 0 aliphatic carbocycles. The van der Waals surface area contributed by atoms with E-state index in [0.29, 0.717) is 0 Å². The fourth-order valence-electron chi connectivity index (χ4n) is 2.27. The molecule has 1 N–H and O–H groups in total. The topological polar surface area (TPSA) is 21.3 Å². The van der Waals surface area contributed by atoms with Crippen LogP contribution in [0.15, 0.2) is 12.1 Å². The van der Waals surface area contributed by atoms with E-state index in [0.717, 1.165) is 25.3 Å². The molecule has 1 aromatic rings. The molecule has 0 atom stereocenters. The highest BCUT2D eigenvalue weighted by Crippen LogP contribution is 2.34. The van der Waals surface area contributed by atoms with Gasteiger partial charge in [0.15, 0.2) is 0 Å². The quantitative estimate of drug-likeness (QED) is 0.784. The van der Waals surface area contributed by atoms with Crippen LogP contribution in [-0.4, -0.2) is 13.7 Å². The van der Waals surface area contributed by atoms with Crippen molar-refractivity contribution in [3.63, 3.8) is 0 Å². The largest absolute Gasteiger partial charge is 0.496 e. The second-order valence-corrected chi connectivity index (χ2v) is 5.50. The van der Waals surface area contributed by atoms with E-state index in [1.54, 1.807) is 7.11 Å². The van der Waals surface area contributed by atoms with Gasteiger partial charge in [0.1, 0.15) is 5.75 Å². The molecule has 2 rings (SSSR count). The Balaban J connectivity index is 2.52. The molecule has 2 heteroatoms. The third-order valence-corrected chi connectivity index (χ3v) is 3.22. The van der Waals surface area contributed by atoms with Crippen LogP contribution in [-0.2, 0) is 18.4 Å². The molecule has 1 aliphatic rings. The minimum atomic E-state index is 0.137. The highest BCUT2D eigenvalue weighted by Gasteiger charge is 2.21. The van der Waals surface area contributed by atoms with Gasteiger partial charge in [0.25, 0.3) is 0 Å². The van der Waals surface area contributed by atoms with Crippen LogP contribution in [0.25, 0.3) is 0 Å². The summed E-state index contributed by atoms with van der Waals surface area (Å²) in [6, 6.07) is 4.52. The van der Waals surface area contributed by atoms with Crippen molar-refractivity contribution in [1.82, 2.24) is 5.32 Å². The van der Waals surface area contributed by atoms with Crippen molar-refractivity contribution >= 4 is 0 Å². The molecule has 2 nitrogen and oxygen atoms in total. The van der Waals surface area contributed by atoms with Gasteiger partial charge in [-0.1, -0.05) is 26.8 Å². The molecule has 0 saturated carbocycles. The van der Waals surface area contributed by atoms with E-state index in [9.17, 15) is 0 Å². The molecule has 1 aromatic carbocycles. The lowest BCUT2D eigenvalue weighted by Gasteiger charge is -2.26. The maximum atomic E-state index is 5.52. The monoisotopic (exact) mass is 219 g/mol. The third kappa shape index (κ3) is 2.07. The number of ether oxygens (including phenoxy) is 1. The zero-order chi connectivity index (χ0) is 11.8. The van der Waals surface area contributed by atoms with Crippen molar-refractivity contribution in [2.75, 3.05) is 13.7 Å². The van der Waals surface area contributed by atoms with Crippen LogP contribution in [0, 0.1) is 0 Å². The maximum Gasteiger partial charge on any atom is 0.122 e. The molecule has 0 saturated heterocycles. The first-order chi connectivity index (χ1) is 7.52. The molecule has 0 radical (unpaired) electrons. The van der Waals surface area contributed by atoms with Gasteiger partial charge in [-0.3, -0.25) is 0 Å². The summed E-state index contributed by atoms with van der Waals surface area (Å²) in [4.78, 5) is 0. The Bertz CT molecular complexity index is 390. The van der Waals surface area contributed by atoms with Crippen molar-refractivity contribution in [2.24, 2.45) is 0 Å². The van der Waals surface area contributed by atoms with Gasteiger partial charge in [-0.25, -0.2) is 0 Å². The Morgan fingerprint density at radius 3 is 2.56 bits per heavy atom. The lowest BCUT2D eigenvalue weighted by atomic mass is 9.83. The summed E-state index contributed by atoms with van der Waals surface area (Å²) >= 11 is 0. The SMILES string of the molecule is COc1cc2c(cc1C(C)(C)C)CNCC2. The fourth-order valence-corrected chi connectivity index (χ4v) is 2.27. The molecular formula is C14H21NO. The van der Waals surface area contributed by atoms with Gasteiger partial charge in [-0.2, -0.15) is 0 Å². The van der Waals surface area contributed by atoms with E-state index in [-0.39, 0.29) is 5.41 Å². The molecular weight excluding hydrogens is 198 g/mol. The van der Waals surface area contributed by atoms with Crippen molar-refractivity contribution in [3.05, 3.63) is 28.8 Å². The van der Waals surface area contributed by atoms with Gasteiger partial charge >= 0.3 is 0 Å². The van der Waals surface area contributed by atoms with Gasteiger partial charge < -0.3 is 10.1 Å². The van der Waals surface area contributed by atoms with Crippen LogP contribution < -0.4 is 10.1 Å². The molecule has 0 aromatic heterocycles. The van der Waals surface area contributed by atoms with Crippen molar-refractivity contribution in [3.8, 4) is 5.75 Å². The number of methoxy groups -OCH3 is 1. The van der Waals surface area contributed by atoms with Gasteiger partial charge in [0.2, 0.25) is 0 Å². The Hall–Kier alpha value is -1.02. The maximum absolute atomic E-state index is 5.52. The second-order valence-electron chi connectivity index (χ2n) is 5.50. The Labute approximate surface area is 98.0 Å². The predicted octanol–water partition coefficient (Wildman–Crippen LogP) is 2.64. The van der Waals surface area contributed by atoms with Crippen LogP contribution >= 0.6 is 0 Å². The van der Waals surface area contributed by atoms with E-state index in [2.05, 4.69) is 38.2 Å². The van der Waals surface area contributed by atoms with Crippen LogP contribution in [0.2, 0.25) is 0 Å². The number of hydrogen-bond donors (Lipinski definition) is 1. The van der Waals surface area contributed by atoms with Crippen LogP contribution in [0.1, 0.15) is 37.5 Å². The lowest BCUT2D eigenvalue weighted by molar-refractivity contribution is 0.396. The van der Waals surface area contributed by atoms with E-state index in [1.807, 2.05) is 0 Å². The zero-order valence-electron chi connectivity index (χ0n) is 10.7. The first kappa shape index (κ1) is 11.5. The minimum absolute atomic E-state index is 0.137. The number of fused-ring (bicyclic) bond motifs is 1. The molecule has 1 aliphatic heterocycles. The summed E-state index contributed by atoms with van der Waals surface area (Å²) in [5.74, 6) is 1.04. The average molecular weight is 219 g/mol. The molecule has 0 fully saturated rings. The van der Waals surface area contributed by atoms with Gasteiger partial charge in [0, 0.05) is 6.54 Å². The Morgan fingerprint density at radius 2 is 1.94 bits per heavy atom. The standard InChI is InChI=1S/C14H21NO/c1-14(2,3)12-7-11-9-15-6-5-10(11)8-13(12)16-4/h7-8,15H,5-6,9H2,1-4H3. The smallest absolute Gasteiger partial charge is 0.122 e. The number of nitrogens with one attached hydrogen (secondary N) is 1. The zero-order valence-corrected chi connectivity index (χ0v) is 10.7. The Kier molecular flexibility index (Phi) is 2.94. The number of rotatable bonds is 1. The van der Waals surface area contributed by atoms with Crippen molar-refractivity contribution in [1.29, 1.82) is 0 Å². The number of hydrogen-bond acceptors (Lipinski definition) is 2. The van der Waals surface area contributed by atoms with Gasteiger partial charge in [-0.15, -0.1) is 0 Å². The summed E-state index contributed by atoms with van der Waals surface area (Å²) in [5, 5.41) is 3.42. The van der Waals surface area contributed by atoms with E-state index in [4.69, 9.17) is 4.74 Å². The summed E-state index contributed by atoms with van der Waals surface area (Å²) < 4.78 is 5.52. The van der Waals surface area contributed by atoms with Gasteiger partial charge in [-0.05, 0) is 41.1 Å². The third-order valence-electron chi connectivity index (χ3n) is 3.22. The highest BCUT2D eigenvalue weighted by atomic mass is 16.5.